The van der Waals surface area contributed by atoms with E-state index in [2.05, 4.69) is 16.7 Å². The molecular weight excluding hydrogens is 394 g/mol. The Morgan fingerprint density at radius 3 is 2.46 bits per heavy atom. The summed E-state index contributed by atoms with van der Waals surface area (Å²) in [4.78, 5) is 12.3. The molecule has 5 nitrogen and oxygen atoms in total. The molecule has 144 valence electrons. The topological polar surface area (TPSA) is 74.2 Å². The van der Waals surface area contributed by atoms with Crippen LogP contribution >= 0.6 is 23.8 Å². The molecule has 1 saturated carbocycles. The molecule has 0 atom stereocenters. The first-order chi connectivity index (χ1) is 13.5. The lowest BCUT2D eigenvalue weighted by atomic mass is 9.80. The number of halogens is 1. The van der Waals surface area contributed by atoms with E-state index in [4.69, 9.17) is 28.6 Å². The van der Waals surface area contributed by atoms with E-state index in [1.54, 1.807) is 12.1 Å². The maximum absolute atomic E-state index is 12.3. The molecule has 0 unspecified atom stereocenters. The standard InChI is InChI=1S/C21H20ClN3O2S/c1-27-18-9-4-14(12-17(18)22)19(26)25-20(28)24-16-7-5-15(6-8-16)21(13-23)10-2-3-11-21/h4-9,12H,2-3,10-11H2,1H3,(H2,24,25,26,28). The average Bonchev–Trinajstić information content (AvgIpc) is 3.18. The normalized spacial score (nSPS) is 14.8. The van der Waals surface area contributed by atoms with Crippen LogP contribution in [-0.2, 0) is 5.41 Å². The van der Waals surface area contributed by atoms with Crippen molar-refractivity contribution in [2.24, 2.45) is 0 Å². The predicted octanol–water partition coefficient (Wildman–Crippen LogP) is 4.81. The molecule has 3 rings (SSSR count). The van der Waals surface area contributed by atoms with Gasteiger partial charge >= 0.3 is 0 Å². The highest BCUT2D eigenvalue weighted by Crippen LogP contribution is 2.40. The molecule has 0 aliphatic heterocycles. The zero-order chi connectivity index (χ0) is 20.1. The minimum absolute atomic E-state index is 0.181. The van der Waals surface area contributed by atoms with E-state index in [9.17, 15) is 10.1 Å². The van der Waals surface area contributed by atoms with Gasteiger partial charge in [0.25, 0.3) is 5.91 Å². The summed E-state index contributed by atoms with van der Waals surface area (Å²) in [5.74, 6) is 0.129. The summed E-state index contributed by atoms with van der Waals surface area (Å²) in [7, 11) is 1.51. The average molecular weight is 414 g/mol. The Bertz CT molecular complexity index is 932. The zero-order valence-electron chi connectivity index (χ0n) is 15.4. The number of carbonyl (C=O) groups is 1. The smallest absolute Gasteiger partial charge is 0.257 e. The van der Waals surface area contributed by atoms with Gasteiger partial charge in [0.05, 0.1) is 23.6 Å². The van der Waals surface area contributed by atoms with Crippen molar-refractivity contribution < 1.29 is 9.53 Å². The number of hydrogen-bond acceptors (Lipinski definition) is 4. The van der Waals surface area contributed by atoms with Crippen molar-refractivity contribution in [2.75, 3.05) is 12.4 Å². The second kappa shape index (κ2) is 8.59. The Hall–Kier alpha value is -2.62. The van der Waals surface area contributed by atoms with Crippen molar-refractivity contribution in [3.05, 3.63) is 58.6 Å². The third kappa shape index (κ3) is 4.27. The summed E-state index contributed by atoms with van der Waals surface area (Å²) in [6, 6.07) is 14.9. The van der Waals surface area contributed by atoms with Crippen LogP contribution in [0.3, 0.4) is 0 Å². The van der Waals surface area contributed by atoms with E-state index in [-0.39, 0.29) is 16.4 Å². The number of hydrogen-bond donors (Lipinski definition) is 2. The summed E-state index contributed by atoms with van der Waals surface area (Å²) in [6.07, 6.45) is 3.96. The van der Waals surface area contributed by atoms with Crippen LogP contribution in [0.25, 0.3) is 0 Å². The van der Waals surface area contributed by atoms with E-state index >= 15 is 0 Å². The van der Waals surface area contributed by atoms with Crippen LogP contribution in [0.4, 0.5) is 5.69 Å². The Morgan fingerprint density at radius 1 is 1.21 bits per heavy atom. The molecule has 0 saturated heterocycles. The minimum Gasteiger partial charge on any atom is -0.495 e. The molecule has 0 heterocycles. The second-order valence-electron chi connectivity index (χ2n) is 6.74. The van der Waals surface area contributed by atoms with Gasteiger partial charge in [-0.25, -0.2) is 0 Å². The summed E-state index contributed by atoms with van der Waals surface area (Å²) >= 11 is 11.3. The molecule has 1 fully saturated rings. The van der Waals surface area contributed by atoms with Gasteiger partial charge in [0, 0.05) is 11.3 Å². The summed E-state index contributed by atoms with van der Waals surface area (Å²) < 4.78 is 5.08. The second-order valence-corrected chi connectivity index (χ2v) is 7.55. The van der Waals surface area contributed by atoms with Crippen LogP contribution < -0.4 is 15.4 Å². The number of carbonyl (C=O) groups excluding carboxylic acids is 1. The highest BCUT2D eigenvalue weighted by Gasteiger charge is 2.35. The van der Waals surface area contributed by atoms with Crippen molar-refractivity contribution in [3.63, 3.8) is 0 Å². The molecular formula is C21H20ClN3O2S. The lowest BCUT2D eigenvalue weighted by Gasteiger charge is -2.21. The van der Waals surface area contributed by atoms with Gasteiger partial charge in [0.2, 0.25) is 0 Å². The number of methoxy groups -OCH3 is 1. The van der Waals surface area contributed by atoms with E-state index in [0.29, 0.717) is 16.3 Å². The van der Waals surface area contributed by atoms with Crippen molar-refractivity contribution >= 4 is 40.5 Å². The number of thiocarbonyl (C=S) groups is 1. The molecule has 28 heavy (non-hydrogen) atoms. The number of anilines is 1. The maximum Gasteiger partial charge on any atom is 0.257 e. The Kier molecular flexibility index (Phi) is 6.18. The van der Waals surface area contributed by atoms with Gasteiger partial charge in [-0.1, -0.05) is 36.6 Å². The largest absolute Gasteiger partial charge is 0.495 e. The molecule has 0 spiro atoms. The fourth-order valence-corrected chi connectivity index (χ4v) is 3.93. The van der Waals surface area contributed by atoms with Crippen LogP contribution in [-0.4, -0.2) is 18.1 Å². The van der Waals surface area contributed by atoms with Gasteiger partial charge in [-0.05, 0) is 61.0 Å². The summed E-state index contributed by atoms with van der Waals surface area (Å²) in [5, 5.41) is 15.7. The van der Waals surface area contributed by atoms with Crippen LogP contribution in [0, 0.1) is 11.3 Å². The molecule has 0 bridgehead atoms. The van der Waals surface area contributed by atoms with E-state index in [0.717, 1.165) is 36.9 Å². The molecule has 2 aromatic carbocycles. The highest BCUT2D eigenvalue weighted by atomic mass is 35.5. The molecule has 1 aliphatic carbocycles. The van der Waals surface area contributed by atoms with E-state index in [1.165, 1.54) is 13.2 Å². The van der Waals surface area contributed by atoms with Gasteiger partial charge < -0.3 is 10.1 Å². The third-order valence-electron chi connectivity index (χ3n) is 5.01. The van der Waals surface area contributed by atoms with Crippen LogP contribution in [0.5, 0.6) is 5.75 Å². The maximum atomic E-state index is 12.3. The number of amides is 1. The fourth-order valence-electron chi connectivity index (χ4n) is 3.46. The Labute approximate surface area is 174 Å². The summed E-state index contributed by atoms with van der Waals surface area (Å²) in [6.45, 7) is 0. The van der Waals surface area contributed by atoms with Gasteiger partial charge in [-0.15, -0.1) is 0 Å². The molecule has 2 N–H and O–H groups in total. The quantitative estimate of drug-likeness (QED) is 0.703. The SMILES string of the molecule is COc1ccc(C(=O)NC(=S)Nc2ccc(C3(C#N)CCCC3)cc2)cc1Cl. The molecule has 7 heteroatoms. The first kappa shape index (κ1) is 20.1. The van der Waals surface area contributed by atoms with Crippen molar-refractivity contribution in [2.45, 2.75) is 31.1 Å². The first-order valence-electron chi connectivity index (χ1n) is 8.95. The Morgan fingerprint density at radius 2 is 1.89 bits per heavy atom. The van der Waals surface area contributed by atoms with Gasteiger partial charge in [0.15, 0.2) is 5.11 Å². The molecule has 1 aliphatic rings. The van der Waals surface area contributed by atoms with Gasteiger partial charge in [-0.3, -0.25) is 10.1 Å². The minimum atomic E-state index is -0.374. The predicted molar refractivity (Wildman–Crippen MR) is 114 cm³/mol. The highest BCUT2D eigenvalue weighted by molar-refractivity contribution is 7.80. The Balaban J connectivity index is 1.62. The van der Waals surface area contributed by atoms with Gasteiger partial charge in [0.1, 0.15) is 5.75 Å². The monoisotopic (exact) mass is 413 g/mol. The number of nitriles is 1. The van der Waals surface area contributed by atoms with Crippen LogP contribution in [0.15, 0.2) is 42.5 Å². The lowest BCUT2D eigenvalue weighted by molar-refractivity contribution is 0.0977. The van der Waals surface area contributed by atoms with Crippen LogP contribution in [0.1, 0.15) is 41.6 Å². The zero-order valence-corrected chi connectivity index (χ0v) is 17.0. The number of benzene rings is 2. The molecule has 2 aromatic rings. The molecule has 0 aromatic heterocycles. The third-order valence-corrected chi connectivity index (χ3v) is 5.51. The van der Waals surface area contributed by atoms with E-state index < -0.39 is 0 Å². The summed E-state index contributed by atoms with van der Waals surface area (Å²) in [5.41, 5.74) is 1.78. The number of nitrogens with zero attached hydrogens (tertiary/aromatic N) is 1. The first-order valence-corrected chi connectivity index (χ1v) is 9.74. The number of nitrogens with one attached hydrogen (secondary N) is 2. The van der Waals surface area contributed by atoms with Crippen molar-refractivity contribution in [1.29, 1.82) is 5.26 Å². The van der Waals surface area contributed by atoms with Crippen molar-refractivity contribution in [3.8, 4) is 11.8 Å². The lowest BCUT2D eigenvalue weighted by Crippen LogP contribution is -2.34. The number of rotatable bonds is 4. The molecule has 1 amide bonds. The van der Waals surface area contributed by atoms with Crippen molar-refractivity contribution in [1.82, 2.24) is 5.32 Å². The van der Waals surface area contributed by atoms with Crippen LogP contribution in [0.2, 0.25) is 5.02 Å². The van der Waals surface area contributed by atoms with Gasteiger partial charge in [-0.2, -0.15) is 5.26 Å². The fraction of sp³-hybridized carbons (Fsp3) is 0.286. The number of ether oxygens (including phenoxy) is 1. The molecule has 0 radical (unpaired) electrons. The van der Waals surface area contributed by atoms with E-state index in [1.807, 2.05) is 24.3 Å².